The zero-order valence-corrected chi connectivity index (χ0v) is 12.6. The highest BCUT2D eigenvalue weighted by Crippen LogP contribution is 2.35. The molecule has 1 N–H and O–H groups in total. The Balaban J connectivity index is 2.26. The Morgan fingerprint density at radius 3 is 2.30 bits per heavy atom. The van der Waals surface area contributed by atoms with Crippen LogP contribution in [0.5, 0.6) is 0 Å². The van der Waals surface area contributed by atoms with Gasteiger partial charge in [-0.2, -0.15) is 13.2 Å². The molecule has 1 atom stereocenters. The van der Waals surface area contributed by atoms with Gasteiger partial charge in [0.2, 0.25) is 5.91 Å². The number of hydrazine groups is 1. The fourth-order valence-electron chi connectivity index (χ4n) is 2.63. The van der Waals surface area contributed by atoms with E-state index in [1.165, 1.54) is 12.1 Å². The summed E-state index contributed by atoms with van der Waals surface area (Å²) >= 11 is 0. The standard InChI is InChI=1S/C14H16F3N3O3/c1-13(2)8-12(21)18-19(13)11(14(15,16)17)7-9-3-5-10(6-4-9)20(22)23/h3-6,11H,7-8H2,1-2H3,(H,18,21). The largest absolute Gasteiger partial charge is 0.406 e. The number of hydrogen-bond donors (Lipinski definition) is 1. The molecule has 1 aromatic carbocycles. The maximum absolute atomic E-state index is 13.4. The van der Waals surface area contributed by atoms with Crippen molar-refractivity contribution >= 4 is 11.6 Å². The van der Waals surface area contributed by atoms with Gasteiger partial charge in [-0.15, -0.1) is 0 Å². The SMILES string of the molecule is CC1(C)CC(=O)NN1C(Cc1ccc([N+](=O)[O-])cc1)C(F)(F)F. The second-order valence-corrected chi connectivity index (χ2v) is 6.08. The number of benzene rings is 1. The molecule has 1 fully saturated rings. The second kappa shape index (κ2) is 5.80. The molecule has 23 heavy (non-hydrogen) atoms. The monoisotopic (exact) mass is 331 g/mol. The molecule has 1 unspecified atom stereocenters. The Bertz CT molecular complexity index is 614. The minimum atomic E-state index is -4.56. The highest BCUT2D eigenvalue weighted by molar-refractivity contribution is 5.78. The fraction of sp³-hybridized carbons (Fsp3) is 0.500. The summed E-state index contributed by atoms with van der Waals surface area (Å²) in [6, 6.07) is 3.00. The maximum atomic E-state index is 13.4. The Morgan fingerprint density at radius 1 is 1.35 bits per heavy atom. The lowest BCUT2D eigenvalue weighted by Crippen LogP contribution is -2.57. The molecule has 1 amide bonds. The van der Waals surface area contributed by atoms with Crippen molar-refractivity contribution in [2.45, 2.75) is 44.4 Å². The van der Waals surface area contributed by atoms with Gasteiger partial charge in [0, 0.05) is 24.1 Å². The number of non-ortho nitro benzene ring substituents is 1. The first kappa shape index (κ1) is 17.2. The van der Waals surface area contributed by atoms with Crippen molar-refractivity contribution in [3.05, 3.63) is 39.9 Å². The number of nitrogens with zero attached hydrogens (tertiary/aromatic N) is 2. The number of hydrogen-bond acceptors (Lipinski definition) is 4. The average Bonchev–Trinajstić information content (AvgIpc) is 2.68. The summed E-state index contributed by atoms with van der Waals surface area (Å²) in [6.07, 6.45) is -5.00. The van der Waals surface area contributed by atoms with E-state index >= 15 is 0 Å². The van der Waals surface area contributed by atoms with Crippen molar-refractivity contribution in [2.24, 2.45) is 0 Å². The van der Waals surface area contributed by atoms with E-state index in [1.54, 1.807) is 13.8 Å². The predicted octanol–water partition coefficient (Wildman–Crippen LogP) is 2.58. The molecule has 126 valence electrons. The average molecular weight is 331 g/mol. The summed E-state index contributed by atoms with van der Waals surface area (Å²) in [7, 11) is 0. The Kier molecular flexibility index (Phi) is 4.34. The van der Waals surface area contributed by atoms with E-state index in [4.69, 9.17) is 0 Å². The molecule has 0 aliphatic carbocycles. The van der Waals surface area contributed by atoms with Gasteiger partial charge >= 0.3 is 6.18 Å². The molecule has 1 aliphatic rings. The van der Waals surface area contributed by atoms with Crippen LogP contribution in [-0.2, 0) is 11.2 Å². The third-order valence-electron chi connectivity index (χ3n) is 3.76. The van der Waals surface area contributed by atoms with E-state index in [0.717, 1.165) is 17.1 Å². The molecule has 6 nitrogen and oxygen atoms in total. The minimum absolute atomic E-state index is 0.0279. The Morgan fingerprint density at radius 2 is 1.91 bits per heavy atom. The number of rotatable bonds is 4. The second-order valence-electron chi connectivity index (χ2n) is 6.08. The van der Waals surface area contributed by atoms with Crippen LogP contribution in [0, 0.1) is 10.1 Å². The van der Waals surface area contributed by atoms with E-state index < -0.39 is 35.0 Å². The van der Waals surface area contributed by atoms with E-state index in [0.29, 0.717) is 5.56 Å². The van der Waals surface area contributed by atoms with Gasteiger partial charge in [-0.05, 0) is 25.8 Å². The topological polar surface area (TPSA) is 75.5 Å². The van der Waals surface area contributed by atoms with Crippen LogP contribution < -0.4 is 5.43 Å². The number of carbonyl (C=O) groups excluding carboxylic acids is 1. The van der Waals surface area contributed by atoms with Gasteiger partial charge in [-0.1, -0.05) is 12.1 Å². The number of halogens is 3. The number of nitro benzene ring substituents is 1. The minimum Gasteiger partial charge on any atom is -0.288 e. The first-order valence-electron chi connectivity index (χ1n) is 6.89. The number of amides is 1. The normalized spacial score (nSPS) is 19.4. The molecule has 0 saturated carbocycles. The third kappa shape index (κ3) is 3.79. The molecule has 1 heterocycles. The van der Waals surface area contributed by atoms with Crippen molar-refractivity contribution in [1.82, 2.24) is 10.4 Å². The molecule has 1 aliphatic heterocycles. The molecule has 0 spiro atoms. The summed E-state index contributed by atoms with van der Waals surface area (Å²) in [6.45, 7) is 3.11. The van der Waals surface area contributed by atoms with Crippen LogP contribution in [0.25, 0.3) is 0 Å². The van der Waals surface area contributed by atoms with E-state index in [-0.39, 0.29) is 12.1 Å². The number of nitro groups is 1. The van der Waals surface area contributed by atoms with Crippen LogP contribution in [0.15, 0.2) is 24.3 Å². The van der Waals surface area contributed by atoms with Crippen molar-refractivity contribution in [2.75, 3.05) is 0 Å². The van der Waals surface area contributed by atoms with Crippen LogP contribution in [-0.4, -0.2) is 33.6 Å². The lowest BCUT2D eigenvalue weighted by Gasteiger charge is -2.37. The van der Waals surface area contributed by atoms with E-state index in [2.05, 4.69) is 5.43 Å². The highest BCUT2D eigenvalue weighted by Gasteiger charge is 2.51. The number of carbonyl (C=O) groups is 1. The van der Waals surface area contributed by atoms with Crippen LogP contribution in [0.2, 0.25) is 0 Å². The first-order chi connectivity index (χ1) is 10.5. The van der Waals surface area contributed by atoms with Crippen molar-refractivity contribution < 1.29 is 22.9 Å². The maximum Gasteiger partial charge on any atom is 0.406 e. The zero-order chi connectivity index (χ0) is 17.4. The molecule has 1 saturated heterocycles. The summed E-state index contributed by atoms with van der Waals surface area (Å²) < 4.78 is 40.3. The lowest BCUT2D eigenvalue weighted by atomic mass is 9.97. The van der Waals surface area contributed by atoms with E-state index in [9.17, 15) is 28.1 Å². The van der Waals surface area contributed by atoms with Gasteiger partial charge in [0.1, 0.15) is 6.04 Å². The summed E-state index contributed by atoms with van der Waals surface area (Å²) in [5.41, 5.74) is 1.41. The molecule has 0 aromatic heterocycles. The lowest BCUT2D eigenvalue weighted by molar-refractivity contribution is -0.384. The third-order valence-corrected chi connectivity index (χ3v) is 3.76. The van der Waals surface area contributed by atoms with Crippen molar-refractivity contribution in [3.63, 3.8) is 0 Å². The van der Waals surface area contributed by atoms with Crippen molar-refractivity contribution in [3.8, 4) is 0 Å². The van der Waals surface area contributed by atoms with Crippen molar-refractivity contribution in [1.29, 1.82) is 0 Å². The van der Waals surface area contributed by atoms with Gasteiger partial charge in [0.25, 0.3) is 5.69 Å². The Labute approximate surface area is 130 Å². The Hall–Kier alpha value is -2.16. The van der Waals surface area contributed by atoms with Gasteiger partial charge < -0.3 is 0 Å². The molecule has 2 rings (SSSR count). The van der Waals surface area contributed by atoms with Crippen LogP contribution in [0.1, 0.15) is 25.8 Å². The molecule has 0 bridgehead atoms. The van der Waals surface area contributed by atoms with Gasteiger partial charge in [0.15, 0.2) is 0 Å². The van der Waals surface area contributed by atoms with Gasteiger partial charge in [-0.25, -0.2) is 5.01 Å². The quantitative estimate of drug-likeness (QED) is 0.680. The predicted molar refractivity (Wildman–Crippen MR) is 75.3 cm³/mol. The summed E-state index contributed by atoms with van der Waals surface area (Å²) in [5.74, 6) is -0.465. The molecule has 0 radical (unpaired) electrons. The van der Waals surface area contributed by atoms with Gasteiger partial charge in [-0.3, -0.25) is 20.3 Å². The van der Waals surface area contributed by atoms with E-state index in [1.807, 2.05) is 0 Å². The number of nitrogens with one attached hydrogen (secondary N) is 1. The molecule has 9 heteroatoms. The molecular weight excluding hydrogens is 315 g/mol. The smallest absolute Gasteiger partial charge is 0.288 e. The highest BCUT2D eigenvalue weighted by atomic mass is 19.4. The summed E-state index contributed by atoms with van der Waals surface area (Å²) in [5, 5.41) is 11.5. The fourth-order valence-corrected chi connectivity index (χ4v) is 2.63. The first-order valence-corrected chi connectivity index (χ1v) is 6.89. The summed E-state index contributed by atoms with van der Waals surface area (Å²) in [4.78, 5) is 21.5. The molecular formula is C14H16F3N3O3. The zero-order valence-electron chi connectivity index (χ0n) is 12.6. The van der Waals surface area contributed by atoms with Crippen LogP contribution >= 0.6 is 0 Å². The number of alkyl halides is 3. The van der Waals surface area contributed by atoms with Crippen LogP contribution in [0.3, 0.4) is 0 Å². The van der Waals surface area contributed by atoms with Gasteiger partial charge in [0.05, 0.1) is 4.92 Å². The molecule has 1 aromatic rings. The van der Waals surface area contributed by atoms with Crippen LogP contribution in [0.4, 0.5) is 18.9 Å².